The summed E-state index contributed by atoms with van der Waals surface area (Å²) in [7, 11) is 1.21. The highest BCUT2D eigenvalue weighted by Crippen LogP contribution is 2.32. The van der Waals surface area contributed by atoms with Gasteiger partial charge in [-0.15, -0.1) is 24.8 Å². The third kappa shape index (κ3) is 6.39. The maximum Gasteiger partial charge on any atom is 0.451 e. The van der Waals surface area contributed by atoms with Gasteiger partial charge in [0.25, 0.3) is 0 Å². The normalized spacial score (nSPS) is 14.0. The molecule has 1 amide bonds. The Kier molecular flexibility index (Phi) is 9.61. The lowest BCUT2D eigenvalue weighted by atomic mass is 10.0. The summed E-state index contributed by atoms with van der Waals surface area (Å²) in [6, 6.07) is 2.18. The molecule has 1 aliphatic rings. The Morgan fingerprint density at radius 3 is 2.56 bits per heavy atom. The van der Waals surface area contributed by atoms with E-state index in [0.29, 0.717) is 5.56 Å². The van der Waals surface area contributed by atoms with Crippen molar-refractivity contribution in [2.45, 2.75) is 38.0 Å². The number of carbonyl (C=O) groups is 1. The Morgan fingerprint density at radius 2 is 1.94 bits per heavy atom. The summed E-state index contributed by atoms with van der Waals surface area (Å²) in [5.74, 6) is -3.18. The molecule has 1 aliphatic heterocycles. The summed E-state index contributed by atoms with van der Waals surface area (Å²) in [5.41, 5.74) is 6.44. The first kappa shape index (κ1) is 27.8. The molecule has 3 rings (SSSR count). The SMILES string of the molecule is COc1nc(C(F)(F)F)nc2c1CCN(C(=O)C[C@H](N)Cc1cc(F)ccc1F)C2.Cl.Cl. The zero-order valence-electron chi connectivity index (χ0n) is 16.8. The first-order valence-electron chi connectivity index (χ1n) is 9.06. The highest BCUT2D eigenvalue weighted by atomic mass is 35.5. The van der Waals surface area contributed by atoms with Gasteiger partial charge in [-0.2, -0.15) is 18.2 Å². The number of aromatic nitrogens is 2. The molecule has 13 heteroatoms. The third-order valence-corrected chi connectivity index (χ3v) is 4.75. The van der Waals surface area contributed by atoms with Crippen molar-refractivity contribution in [2.75, 3.05) is 13.7 Å². The molecule has 0 aliphatic carbocycles. The van der Waals surface area contributed by atoms with Crippen molar-refractivity contribution in [3.63, 3.8) is 0 Å². The molecule has 0 fully saturated rings. The summed E-state index contributed by atoms with van der Waals surface area (Å²) in [5, 5.41) is 0. The second-order valence-corrected chi connectivity index (χ2v) is 6.95. The summed E-state index contributed by atoms with van der Waals surface area (Å²) in [4.78, 5) is 20.9. The topological polar surface area (TPSA) is 81.3 Å². The second-order valence-electron chi connectivity index (χ2n) is 6.95. The molecule has 0 spiro atoms. The summed E-state index contributed by atoms with van der Waals surface area (Å²) >= 11 is 0. The number of benzene rings is 1. The van der Waals surface area contributed by atoms with E-state index in [9.17, 15) is 26.7 Å². The highest BCUT2D eigenvalue weighted by molar-refractivity contribution is 5.85. The van der Waals surface area contributed by atoms with E-state index < -0.39 is 35.6 Å². The molecule has 178 valence electrons. The molecule has 0 saturated carbocycles. The Hall–Kier alpha value is -2.24. The molecule has 0 radical (unpaired) electrons. The van der Waals surface area contributed by atoms with Crippen molar-refractivity contribution in [3.8, 4) is 5.88 Å². The average molecular weight is 503 g/mol. The van der Waals surface area contributed by atoms with Crippen LogP contribution in [-0.2, 0) is 30.4 Å². The number of hydrogen-bond acceptors (Lipinski definition) is 5. The molecule has 0 unspecified atom stereocenters. The number of fused-ring (bicyclic) bond motifs is 1. The Bertz CT molecular complexity index is 962. The fourth-order valence-corrected chi connectivity index (χ4v) is 3.31. The quantitative estimate of drug-likeness (QED) is 0.633. The zero-order valence-corrected chi connectivity index (χ0v) is 18.4. The largest absolute Gasteiger partial charge is 0.481 e. The van der Waals surface area contributed by atoms with Gasteiger partial charge in [0.2, 0.25) is 17.6 Å². The van der Waals surface area contributed by atoms with E-state index in [1.54, 1.807) is 0 Å². The number of nitrogens with two attached hydrogens (primary N) is 1. The molecule has 6 nitrogen and oxygen atoms in total. The van der Waals surface area contributed by atoms with Crippen LogP contribution in [0.25, 0.3) is 0 Å². The van der Waals surface area contributed by atoms with Crippen LogP contribution in [0.15, 0.2) is 18.2 Å². The number of ether oxygens (including phenoxy) is 1. The number of amides is 1. The van der Waals surface area contributed by atoms with E-state index in [4.69, 9.17) is 10.5 Å². The Morgan fingerprint density at radius 1 is 1.25 bits per heavy atom. The Balaban J connectivity index is 0.00000256. The third-order valence-electron chi connectivity index (χ3n) is 4.75. The van der Waals surface area contributed by atoms with Crippen LogP contribution in [0, 0.1) is 11.6 Å². The van der Waals surface area contributed by atoms with Crippen molar-refractivity contribution < 1.29 is 31.5 Å². The van der Waals surface area contributed by atoms with Crippen molar-refractivity contribution >= 4 is 30.7 Å². The van der Waals surface area contributed by atoms with Gasteiger partial charge >= 0.3 is 6.18 Å². The average Bonchev–Trinajstić information content (AvgIpc) is 2.68. The van der Waals surface area contributed by atoms with Crippen LogP contribution in [0.3, 0.4) is 0 Å². The Labute approximate surface area is 193 Å². The lowest BCUT2D eigenvalue weighted by molar-refractivity contribution is -0.145. The predicted molar refractivity (Wildman–Crippen MR) is 110 cm³/mol. The standard InChI is InChI=1S/C19H19F5N4O2.2ClH/c1-30-17-13-4-5-28(9-15(13)26-18(27-17)19(22,23)24)16(29)8-12(25)7-10-6-11(20)2-3-14(10)21;;/h2-3,6,12H,4-5,7-9,25H2,1H3;2*1H/t12-;;/m1../s1. The highest BCUT2D eigenvalue weighted by Gasteiger charge is 2.37. The van der Waals surface area contributed by atoms with Gasteiger partial charge in [0.05, 0.1) is 19.3 Å². The van der Waals surface area contributed by atoms with Gasteiger partial charge in [0.1, 0.15) is 11.6 Å². The number of nitrogens with zero attached hydrogens (tertiary/aromatic N) is 3. The van der Waals surface area contributed by atoms with Crippen LogP contribution >= 0.6 is 24.8 Å². The second kappa shape index (κ2) is 11.1. The van der Waals surface area contributed by atoms with E-state index in [-0.39, 0.29) is 74.3 Å². The van der Waals surface area contributed by atoms with Crippen LogP contribution in [-0.4, -0.2) is 40.5 Å². The maximum atomic E-state index is 13.8. The number of hydrogen-bond donors (Lipinski definition) is 1. The minimum Gasteiger partial charge on any atom is -0.481 e. The van der Waals surface area contributed by atoms with Crippen LogP contribution in [0.1, 0.15) is 29.1 Å². The van der Waals surface area contributed by atoms with Crippen LogP contribution in [0.4, 0.5) is 22.0 Å². The molecule has 1 atom stereocenters. The van der Waals surface area contributed by atoms with Gasteiger partial charge < -0.3 is 15.4 Å². The predicted octanol–water partition coefficient (Wildman–Crippen LogP) is 3.47. The molecular formula is C19H21Cl2F5N4O2. The van der Waals surface area contributed by atoms with Crippen molar-refractivity contribution in [2.24, 2.45) is 5.73 Å². The van der Waals surface area contributed by atoms with Crippen LogP contribution in [0.5, 0.6) is 5.88 Å². The van der Waals surface area contributed by atoms with Gasteiger partial charge in [-0.1, -0.05) is 0 Å². The minimum absolute atomic E-state index is 0. The number of rotatable bonds is 5. The lowest BCUT2D eigenvalue weighted by Gasteiger charge is -2.30. The molecule has 2 heterocycles. The van der Waals surface area contributed by atoms with E-state index in [1.165, 1.54) is 12.0 Å². The van der Waals surface area contributed by atoms with Gasteiger partial charge in [-0.25, -0.2) is 13.8 Å². The number of halogens is 7. The first-order valence-corrected chi connectivity index (χ1v) is 9.06. The van der Waals surface area contributed by atoms with Crippen LogP contribution in [0.2, 0.25) is 0 Å². The molecule has 0 saturated heterocycles. The maximum absolute atomic E-state index is 13.8. The minimum atomic E-state index is -4.76. The number of carbonyl (C=O) groups excluding carboxylic acids is 1. The molecule has 1 aromatic heterocycles. The molecule has 2 aromatic rings. The van der Waals surface area contributed by atoms with Gasteiger partial charge in [-0.05, 0) is 36.6 Å². The molecule has 1 aromatic carbocycles. The number of methoxy groups -OCH3 is 1. The smallest absolute Gasteiger partial charge is 0.451 e. The first-order chi connectivity index (χ1) is 14.1. The van der Waals surface area contributed by atoms with Crippen molar-refractivity contribution in [3.05, 3.63) is 52.5 Å². The van der Waals surface area contributed by atoms with Crippen molar-refractivity contribution in [1.29, 1.82) is 0 Å². The van der Waals surface area contributed by atoms with Gasteiger partial charge in [-0.3, -0.25) is 4.79 Å². The molecule has 0 bridgehead atoms. The molecule has 2 N–H and O–H groups in total. The van der Waals surface area contributed by atoms with E-state index >= 15 is 0 Å². The zero-order chi connectivity index (χ0) is 22.1. The van der Waals surface area contributed by atoms with E-state index in [2.05, 4.69) is 9.97 Å². The van der Waals surface area contributed by atoms with E-state index in [0.717, 1.165) is 18.2 Å². The lowest BCUT2D eigenvalue weighted by Crippen LogP contribution is -2.40. The van der Waals surface area contributed by atoms with Gasteiger partial charge in [0, 0.05) is 24.6 Å². The van der Waals surface area contributed by atoms with Crippen molar-refractivity contribution in [1.82, 2.24) is 14.9 Å². The summed E-state index contributed by atoms with van der Waals surface area (Å²) in [6.07, 6.45) is -4.78. The summed E-state index contributed by atoms with van der Waals surface area (Å²) < 4.78 is 71.1. The van der Waals surface area contributed by atoms with Gasteiger partial charge in [0.15, 0.2) is 0 Å². The molecule has 32 heavy (non-hydrogen) atoms. The fourth-order valence-electron chi connectivity index (χ4n) is 3.31. The summed E-state index contributed by atoms with van der Waals surface area (Å²) in [6.45, 7) is 0.0646. The van der Waals surface area contributed by atoms with Crippen LogP contribution < -0.4 is 10.5 Å². The molecular weight excluding hydrogens is 482 g/mol. The monoisotopic (exact) mass is 502 g/mol. The number of alkyl halides is 3. The van der Waals surface area contributed by atoms with E-state index in [1.807, 2.05) is 0 Å². The fraction of sp³-hybridized carbons (Fsp3) is 0.421.